The second-order valence-corrected chi connectivity index (χ2v) is 17.8. The summed E-state index contributed by atoms with van der Waals surface area (Å²) in [5.74, 6) is 0. The molecule has 0 atom stereocenters. The van der Waals surface area contributed by atoms with Crippen molar-refractivity contribution < 1.29 is 4.42 Å². The van der Waals surface area contributed by atoms with Crippen LogP contribution in [0.3, 0.4) is 0 Å². The summed E-state index contributed by atoms with van der Waals surface area (Å²) in [7, 11) is 0. The summed E-state index contributed by atoms with van der Waals surface area (Å²) in [6, 6.07) is 86.5. The van der Waals surface area contributed by atoms with Crippen molar-refractivity contribution in [2.24, 2.45) is 0 Å². The molecule has 2 aromatic heterocycles. The number of anilines is 3. The number of nitrogens with zero attached hydrogens (tertiary/aromatic N) is 1. The van der Waals surface area contributed by atoms with Gasteiger partial charge in [-0.1, -0.05) is 188 Å². The van der Waals surface area contributed by atoms with Crippen LogP contribution >= 0.6 is 11.3 Å². The standard InChI is InChI=1S/C61H39NOS/c1-2-15-42(16-3-1)61(55-27-8-4-19-49(55)50-20-5-9-28-56(50)61)43-17-12-18-46(39-43)62(44-35-31-40(32-36-44)47-23-13-25-53-51-21-6-10-29-57(51)63-59(47)53)45-37-33-41(34-38-45)48-24-14-26-54-52-22-7-11-30-58(52)64-60(48)54/h1-39H. The van der Waals surface area contributed by atoms with E-state index in [0.717, 1.165) is 50.1 Å². The van der Waals surface area contributed by atoms with Gasteiger partial charge < -0.3 is 9.32 Å². The first-order valence-electron chi connectivity index (χ1n) is 21.9. The molecule has 64 heavy (non-hydrogen) atoms. The molecule has 0 N–H and O–H groups in total. The number of thiophene rings is 1. The highest BCUT2D eigenvalue weighted by atomic mass is 32.1. The molecular weight excluding hydrogens is 795 g/mol. The maximum absolute atomic E-state index is 6.49. The lowest BCUT2D eigenvalue weighted by atomic mass is 9.67. The Morgan fingerprint density at radius 1 is 0.359 bits per heavy atom. The molecule has 0 fully saturated rings. The molecule has 1 aliphatic carbocycles. The second kappa shape index (κ2) is 14.6. The summed E-state index contributed by atoms with van der Waals surface area (Å²) in [6.07, 6.45) is 0. The van der Waals surface area contributed by atoms with Crippen molar-refractivity contribution in [3.63, 3.8) is 0 Å². The van der Waals surface area contributed by atoms with Crippen molar-refractivity contribution in [3.8, 4) is 33.4 Å². The van der Waals surface area contributed by atoms with Crippen LogP contribution in [0.2, 0.25) is 0 Å². The Bertz CT molecular complexity index is 3530. The molecule has 0 aliphatic heterocycles. The monoisotopic (exact) mass is 833 g/mol. The van der Waals surface area contributed by atoms with Crippen LogP contribution in [0, 0.1) is 0 Å². The quantitative estimate of drug-likeness (QED) is 0.159. The Morgan fingerprint density at radius 2 is 0.891 bits per heavy atom. The van der Waals surface area contributed by atoms with Gasteiger partial charge in [-0.15, -0.1) is 11.3 Å². The number of hydrogen-bond donors (Lipinski definition) is 0. The van der Waals surface area contributed by atoms with Crippen LogP contribution in [0.4, 0.5) is 17.1 Å². The molecule has 3 heteroatoms. The smallest absolute Gasteiger partial charge is 0.143 e. The van der Waals surface area contributed by atoms with Gasteiger partial charge >= 0.3 is 0 Å². The van der Waals surface area contributed by atoms with Crippen LogP contribution in [-0.2, 0) is 5.41 Å². The molecule has 13 rings (SSSR count). The molecule has 0 radical (unpaired) electrons. The minimum Gasteiger partial charge on any atom is -0.455 e. The van der Waals surface area contributed by atoms with E-state index in [-0.39, 0.29) is 0 Å². The SMILES string of the molecule is c1ccc(C2(c3cccc(N(c4ccc(-c5cccc6c5oc5ccccc56)cc4)c4ccc(-c5cccc6c5sc5ccccc56)cc4)c3)c3ccccc3-c3ccccc32)cc1. The normalized spacial score (nSPS) is 12.8. The van der Waals surface area contributed by atoms with Gasteiger partial charge in [-0.3, -0.25) is 0 Å². The highest BCUT2D eigenvalue weighted by Crippen LogP contribution is 2.56. The van der Waals surface area contributed by atoms with E-state index in [4.69, 9.17) is 4.42 Å². The number of furan rings is 1. The summed E-state index contributed by atoms with van der Waals surface area (Å²) in [5, 5.41) is 4.88. The van der Waals surface area contributed by atoms with Gasteiger partial charge in [-0.25, -0.2) is 0 Å². The van der Waals surface area contributed by atoms with E-state index in [1.807, 2.05) is 23.5 Å². The average Bonchev–Trinajstić information content (AvgIpc) is 4.04. The Morgan fingerprint density at radius 3 is 1.62 bits per heavy atom. The maximum Gasteiger partial charge on any atom is 0.143 e. The van der Waals surface area contributed by atoms with Crippen LogP contribution < -0.4 is 4.90 Å². The fourth-order valence-electron chi connectivity index (χ4n) is 10.6. The van der Waals surface area contributed by atoms with E-state index >= 15 is 0 Å². The van der Waals surface area contributed by atoms with Gasteiger partial charge in [0.2, 0.25) is 0 Å². The lowest BCUT2D eigenvalue weighted by Crippen LogP contribution is -2.28. The Hall–Kier alpha value is -7.98. The van der Waals surface area contributed by atoms with Crippen molar-refractivity contribution in [2.75, 3.05) is 4.90 Å². The van der Waals surface area contributed by atoms with E-state index in [1.54, 1.807) is 0 Å². The minimum absolute atomic E-state index is 0.516. The number of para-hydroxylation sites is 2. The van der Waals surface area contributed by atoms with Gasteiger partial charge in [0.25, 0.3) is 0 Å². The molecule has 0 amide bonds. The fourth-order valence-corrected chi connectivity index (χ4v) is 11.8. The Kier molecular flexibility index (Phi) is 8.34. The van der Waals surface area contributed by atoms with Crippen molar-refractivity contribution >= 4 is 70.5 Å². The topological polar surface area (TPSA) is 16.4 Å². The average molecular weight is 834 g/mol. The highest BCUT2D eigenvalue weighted by Gasteiger charge is 2.46. The second-order valence-electron chi connectivity index (χ2n) is 16.7. The lowest BCUT2D eigenvalue weighted by Gasteiger charge is -2.35. The van der Waals surface area contributed by atoms with Gasteiger partial charge in [-0.2, -0.15) is 0 Å². The van der Waals surface area contributed by atoms with Crippen molar-refractivity contribution in [1.82, 2.24) is 0 Å². The van der Waals surface area contributed by atoms with Gasteiger partial charge in [-0.05, 0) is 98.6 Å². The summed E-state index contributed by atoms with van der Waals surface area (Å²) < 4.78 is 9.13. The Labute approximate surface area is 375 Å². The zero-order chi connectivity index (χ0) is 42.2. The van der Waals surface area contributed by atoms with Gasteiger partial charge in [0, 0.05) is 53.6 Å². The van der Waals surface area contributed by atoms with E-state index in [9.17, 15) is 0 Å². The zero-order valence-corrected chi connectivity index (χ0v) is 35.6. The van der Waals surface area contributed by atoms with Crippen LogP contribution in [0.1, 0.15) is 22.3 Å². The molecule has 12 aromatic rings. The van der Waals surface area contributed by atoms with Gasteiger partial charge in [0.1, 0.15) is 11.2 Å². The molecule has 2 nitrogen and oxygen atoms in total. The number of fused-ring (bicyclic) bond motifs is 9. The third-order valence-electron chi connectivity index (χ3n) is 13.4. The van der Waals surface area contributed by atoms with Crippen molar-refractivity contribution in [2.45, 2.75) is 5.41 Å². The van der Waals surface area contributed by atoms with Gasteiger partial charge in [0.05, 0.1) is 5.41 Å². The maximum atomic E-state index is 6.49. The molecule has 300 valence electrons. The van der Waals surface area contributed by atoms with E-state index < -0.39 is 5.41 Å². The van der Waals surface area contributed by atoms with Crippen LogP contribution in [-0.4, -0.2) is 0 Å². The third kappa shape index (κ3) is 5.51. The first kappa shape index (κ1) is 36.7. The predicted octanol–water partition coefficient (Wildman–Crippen LogP) is 17.1. The molecule has 0 saturated carbocycles. The first-order chi connectivity index (χ1) is 31.7. The highest BCUT2D eigenvalue weighted by molar-refractivity contribution is 7.26. The van der Waals surface area contributed by atoms with E-state index in [2.05, 4.69) is 229 Å². The molecule has 0 saturated heterocycles. The molecule has 0 spiro atoms. The number of benzene rings is 10. The molecule has 0 unspecified atom stereocenters. The molecule has 1 aliphatic rings. The molecule has 2 heterocycles. The van der Waals surface area contributed by atoms with Gasteiger partial charge in [0.15, 0.2) is 0 Å². The summed E-state index contributed by atoms with van der Waals surface area (Å²) in [6.45, 7) is 0. The fraction of sp³-hybridized carbons (Fsp3) is 0.0164. The summed E-state index contributed by atoms with van der Waals surface area (Å²) >= 11 is 1.87. The van der Waals surface area contributed by atoms with E-state index in [0.29, 0.717) is 0 Å². The van der Waals surface area contributed by atoms with E-state index in [1.165, 1.54) is 64.7 Å². The largest absolute Gasteiger partial charge is 0.455 e. The number of hydrogen-bond acceptors (Lipinski definition) is 3. The molecule has 0 bridgehead atoms. The van der Waals surface area contributed by atoms with Crippen LogP contribution in [0.5, 0.6) is 0 Å². The third-order valence-corrected chi connectivity index (χ3v) is 14.6. The minimum atomic E-state index is -0.516. The van der Waals surface area contributed by atoms with Crippen LogP contribution in [0.15, 0.2) is 241 Å². The first-order valence-corrected chi connectivity index (χ1v) is 22.7. The van der Waals surface area contributed by atoms with Crippen LogP contribution in [0.25, 0.3) is 75.5 Å². The summed E-state index contributed by atoms with van der Waals surface area (Å²) in [4.78, 5) is 2.41. The molecular formula is C61H39NOS. The predicted molar refractivity (Wildman–Crippen MR) is 269 cm³/mol. The lowest BCUT2D eigenvalue weighted by molar-refractivity contribution is 0.670. The van der Waals surface area contributed by atoms with Crippen molar-refractivity contribution in [3.05, 3.63) is 259 Å². The number of rotatable bonds is 7. The summed E-state index contributed by atoms with van der Waals surface area (Å²) in [5.41, 5.74) is 16.8. The molecule has 10 aromatic carbocycles. The Balaban J connectivity index is 0.984. The zero-order valence-electron chi connectivity index (χ0n) is 34.8. The van der Waals surface area contributed by atoms with Crippen molar-refractivity contribution in [1.29, 1.82) is 0 Å².